The first-order valence-corrected chi connectivity index (χ1v) is 4.36. The maximum atomic E-state index is 10.7. The van der Waals surface area contributed by atoms with Crippen LogP contribution < -0.4 is 5.32 Å². The molecule has 1 aliphatic heterocycles. The summed E-state index contributed by atoms with van der Waals surface area (Å²) >= 11 is 0. The molecule has 1 rings (SSSR count). The molecule has 1 N–H and O–H groups in total. The quantitative estimate of drug-likeness (QED) is 0.493. The van der Waals surface area contributed by atoms with E-state index in [1.807, 2.05) is 0 Å². The molecule has 0 saturated carbocycles. The van der Waals surface area contributed by atoms with Crippen LogP contribution in [-0.4, -0.2) is 28.3 Å². The fourth-order valence-electron chi connectivity index (χ4n) is 0.840. The van der Waals surface area contributed by atoms with E-state index in [2.05, 4.69) is 12.2 Å². The lowest BCUT2D eigenvalue weighted by Crippen LogP contribution is -2.40. The fraction of sp³-hybridized carbons (Fsp3) is 1.00. The van der Waals surface area contributed by atoms with E-state index in [1.165, 1.54) is 0 Å². The molecular formula is C5H11NOS. The minimum absolute atomic E-state index is 0.463. The molecule has 48 valence electrons. The van der Waals surface area contributed by atoms with Crippen LogP contribution in [-0.2, 0) is 10.8 Å². The molecule has 0 aromatic rings. The van der Waals surface area contributed by atoms with Crippen LogP contribution in [0.1, 0.15) is 6.92 Å². The zero-order valence-electron chi connectivity index (χ0n) is 5.02. The Bertz CT molecular complexity index is 105. The Morgan fingerprint density at radius 2 is 2.50 bits per heavy atom. The Balaban J connectivity index is 2.34. The standard InChI is InChI=1S/C5H11NOS/c1-5-4-8(7)3-2-6-5/h5-6H,2-4H2,1H3/t5-,8-/m1/s1. The minimum atomic E-state index is -0.533. The van der Waals surface area contributed by atoms with Crippen LogP contribution in [0.2, 0.25) is 0 Å². The SMILES string of the molecule is C[C@@H]1C[S@](=O)CCN1. The Morgan fingerprint density at radius 3 is 2.88 bits per heavy atom. The second-order valence-corrected chi connectivity index (χ2v) is 3.79. The molecule has 0 aliphatic carbocycles. The summed E-state index contributed by atoms with van der Waals surface area (Å²) in [6.45, 7) is 2.99. The van der Waals surface area contributed by atoms with Crippen LogP contribution in [0.3, 0.4) is 0 Å². The van der Waals surface area contributed by atoms with E-state index >= 15 is 0 Å². The molecule has 0 radical (unpaired) electrons. The number of rotatable bonds is 0. The van der Waals surface area contributed by atoms with Gasteiger partial charge in [0, 0.05) is 34.9 Å². The van der Waals surface area contributed by atoms with E-state index in [1.54, 1.807) is 0 Å². The topological polar surface area (TPSA) is 29.1 Å². The van der Waals surface area contributed by atoms with Crippen LogP contribution >= 0.6 is 0 Å². The molecule has 1 aliphatic rings. The van der Waals surface area contributed by atoms with E-state index in [4.69, 9.17) is 0 Å². The monoisotopic (exact) mass is 133 g/mol. The lowest BCUT2D eigenvalue weighted by Gasteiger charge is -2.18. The summed E-state index contributed by atoms with van der Waals surface area (Å²) in [5.74, 6) is 1.67. The van der Waals surface area contributed by atoms with Gasteiger partial charge in [-0.15, -0.1) is 0 Å². The van der Waals surface area contributed by atoms with Crippen molar-refractivity contribution in [2.24, 2.45) is 0 Å². The largest absolute Gasteiger partial charge is 0.312 e. The summed E-state index contributed by atoms with van der Waals surface area (Å²) in [5.41, 5.74) is 0. The number of nitrogens with one attached hydrogen (secondary N) is 1. The van der Waals surface area contributed by atoms with Gasteiger partial charge in [-0.25, -0.2) is 0 Å². The van der Waals surface area contributed by atoms with E-state index in [9.17, 15) is 4.21 Å². The molecule has 8 heavy (non-hydrogen) atoms. The third kappa shape index (κ3) is 1.56. The van der Waals surface area contributed by atoms with Gasteiger partial charge in [0.15, 0.2) is 0 Å². The molecule has 0 aromatic carbocycles. The maximum absolute atomic E-state index is 10.7. The smallest absolute Gasteiger partial charge is 0.0386 e. The molecule has 3 heteroatoms. The third-order valence-electron chi connectivity index (χ3n) is 1.26. The Morgan fingerprint density at radius 1 is 1.75 bits per heavy atom. The average molecular weight is 133 g/mol. The molecule has 0 spiro atoms. The van der Waals surface area contributed by atoms with Crippen LogP contribution in [0.25, 0.3) is 0 Å². The second-order valence-electron chi connectivity index (χ2n) is 2.17. The zero-order chi connectivity index (χ0) is 5.98. The Kier molecular flexibility index (Phi) is 2.02. The van der Waals surface area contributed by atoms with Crippen molar-refractivity contribution in [2.75, 3.05) is 18.1 Å². The normalized spacial score (nSPS) is 39.6. The van der Waals surface area contributed by atoms with Crippen molar-refractivity contribution in [1.82, 2.24) is 5.32 Å². The van der Waals surface area contributed by atoms with Gasteiger partial charge in [-0.2, -0.15) is 0 Å². The van der Waals surface area contributed by atoms with Gasteiger partial charge in [0.25, 0.3) is 0 Å². The van der Waals surface area contributed by atoms with Gasteiger partial charge in [-0.05, 0) is 6.92 Å². The Labute approximate surface area is 52.1 Å². The first-order chi connectivity index (χ1) is 3.79. The lowest BCUT2D eigenvalue weighted by molar-refractivity contribution is 0.584. The molecule has 2 atom stereocenters. The number of hydrogen-bond acceptors (Lipinski definition) is 2. The maximum Gasteiger partial charge on any atom is 0.0386 e. The van der Waals surface area contributed by atoms with Crippen LogP contribution in [0, 0.1) is 0 Å². The van der Waals surface area contributed by atoms with E-state index in [-0.39, 0.29) is 0 Å². The highest BCUT2D eigenvalue weighted by Crippen LogP contribution is 1.93. The van der Waals surface area contributed by atoms with Crippen molar-refractivity contribution in [2.45, 2.75) is 13.0 Å². The zero-order valence-corrected chi connectivity index (χ0v) is 5.83. The van der Waals surface area contributed by atoms with E-state index < -0.39 is 10.8 Å². The fourth-order valence-corrected chi connectivity index (χ4v) is 2.03. The summed E-state index contributed by atoms with van der Waals surface area (Å²) in [6.07, 6.45) is 0. The molecule has 1 saturated heterocycles. The van der Waals surface area contributed by atoms with Gasteiger partial charge in [-0.1, -0.05) is 0 Å². The van der Waals surface area contributed by atoms with Crippen LogP contribution in [0.4, 0.5) is 0 Å². The van der Waals surface area contributed by atoms with E-state index in [0.29, 0.717) is 6.04 Å². The molecule has 0 aromatic heterocycles. The minimum Gasteiger partial charge on any atom is -0.312 e. The first kappa shape index (κ1) is 6.23. The van der Waals surface area contributed by atoms with Crippen molar-refractivity contribution >= 4 is 10.8 Å². The van der Waals surface area contributed by atoms with Gasteiger partial charge in [-0.3, -0.25) is 4.21 Å². The molecule has 2 nitrogen and oxygen atoms in total. The molecule has 0 amide bonds. The predicted molar refractivity (Wildman–Crippen MR) is 35.3 cm³/mol. The third-order valence-corrected chi connectivity index (χ3v) is 2.79. The first-order valence-electron chi connectivity index (χ1n) is 2.87. The van der Waals surface area contributed by atoms with Crippen molar-refractivity contribution in [3.05, 3.63) is 0 Å². The summed E-state index contributed by atoms with van der Waals surface area (Å²) in [7, 11) is -0.533. The second kappa shape index (κ2) is 2.60. The van der Waals surface area contributed by atoms with Crippen LogP contribution in [0.15, 0.2) is 0 Å². The molecule has 0 bridgehead atoms. The Hall–Kier alpha value is 0.110. The van der Waals surface area contributed by atoms with Crippen molar-refractivity contribution in [1.29, 1.82) is 0 Å². The van der Waals surface area contributed by atoms with Gasteiger partial charge in [0.05, 0.1) is 0 Å². The van der Waals surface area contributed by atoms with Gasteiger partial charge >= 0.3 is 0 Å². The molecular weight excluding hydrogens is 122 g/mol. The van der Waals surface area contributed by atoms with Gasteiger partial charge in [0.2, 0.25) is 0 Å². The van der Waals surface area contributed by atoms with Crippen molar-refractivity contribution < 1.29 is 4.21 Å². The highest BCUT2D eigenvalue weighted by atomic mass is 32.2. The highest BCUT2D eigenvalue weighted by Gasteiger charge is 2.11. The van der Waals surface area contributed by atoms with Crippen molar-refractivity contribution in [3.63, 3.8) is 0 Å². The molecule has 1 fully saturated rings. The van der Waals surface area contributed by atoms with Crippen molar-refractivity contribution in [3.8, 4) is 0 Å². The lowest BCUT2D eigenvalue weighted by atomic mass is 10.4. The summed E-state index contributed by atoms with van der Waals surface area (Å²) < 4.78 is 10.7. The highest BCUT2D eigenvalue weighted by molar-refractivity contribution is 7.85. The summed E-state index contributed by atoms with van der Waals surface area (Å²) in [5, 5.41) is 3.22. The summed E-state index contributed by atoms with van der Waals surface area (Å²) in [4.78, 5) is 0. The average Bonchev–Trinajstić information content (AvgIpc) is 1.64. The van der Waals surface area contributed by atoms with E-state index in [0.717, 1.165) is 18.1 Å². The summed E-state index contributed by atoms with van der Waals surface area (Å²) in [6, 6.07) is 0.463. The predicted octanol–water partition coefficient (Wildman–Crippen LogP) is -0.273. The molecule has 0 unspecified atom stereocenters. The number of hydrogen-bond donors (Lipinski definition) is 1. The van der Waals surface area contributed by atoms with Crippen LogP contribution in [0.5, 0.6) is 0 Å². The van der Waals surface area contributed by atoms with Gasteiger partial charge < -0.3 is 5.32 Å². The van der Waals surface area contributed by atoms with Gasteiger partial charge in [0.1, 0.15) is 0 Å². The molecule has 1 heterocycles.